The number of aromatic amines is 1. The van der Waals surface area contributed by atoms with Crippen molar-refractivity contribution >= 4 is 22.8 Å². The Bertz CT molecular complexity index is 980. The number of esters is 1. The third kappa shape index (κ3) is 5.38. The standard InChI is InChI=1S/C23H26N2O4/c1-25(15-18-8-3-6-12-21(18)28-2)22(26)16-29-23(27)13-7-9-17-14-24-20-11-5-4-10-19(17)20/h3-6,8,10-12,14,24H,7,9,13,15-16H2,1-2H3. The molecule has 0 aliphatic carbocycles. The number of H-pyrrole nitrogens is 1. The summed E-state index contributed by atoms with van der Waals surface area (Å²) in [5, 5.41) is 1.18. The number of carbonyl (C=O) groups is 2. The van der Waals surface area contributed by atoms with Crippen molar-refractivity contribution in [1.29, 1.82) is 0 Å². The van der Waals surface area contributed by atoms with Crippen molar-refractivity contribution in [2.45, 2.75) is 25.8 Å². The number of aryl methyl sites for hydroxylation is 1. The first-order chi connectivity index (χ1) is 14.1. The fourth-order valence-corrected chi connectivity index (χ4v) is 3.26. The number of rotatable bonds is 9. The van der Waals surface area contributed by atoms with Crippen molar-refractivity contribution < 1.29 is 19.1 Å². The smallest absolute Gasteiger partial charge is 0.306 e. The molecule has 6 nitrogen and oxygen atoms in total. The molecule has 0 aliphatic rings. The zero-order valence-corrected chi connectivity index (χ0v) is 16.8. The van der Waals surface area contributed by atoms with Gasteiger partial charge in [0.05, 0.1) is 7.11 Å². The number of ether oxygens (including phenoxy) is 2. The number of aromatic nitrogens is 1. The van der Waals surface area contributed by atoms with Gasteiger partial charge in [0.1, 0.15) is 5.75 Å². The molecule has 1 aromatic heterocycles. The van der Waals surface area contributed by atoms with E-state index >= 15 is 0 Å². The molecule has 3 aromatic rings. The Labute approximate surface area is 170 Å². The maximum Gasteiger partial charge on any atom is 0.306 e. The lowest BCUT2D eigenvalue weighted by molar-refractivity contribution is -0.151. The van der Waals surface area contributed by atoms with Crippen LogP contribution in [0.4, 0.5) is 0 Å². The van der Waals surface area contributed by atoms with E-state index in [0.29, 0.717) is 13.0 Å². The summed E-state index contributed by atoms with van der Waals surface area (Å²) in [5.41, 5.74) is 3.17. The topological polar surface area (TPSA) is 71.6 Å². The molecule has 0 saturated heterocycles. The number of carbonyl (C=O) groups excluding carboxylic acids is 2. The molecule has 0 unspecified atom stereocenters. The molecule has 0 fully saturated rings. The van der Waals surface area contributed by atoms with Crippen LogP contribution in [0.15, 0.2) is 54.7 Å². The van der Waals surface area contributed by atoms with Gasteiger partial charge in [0.15, 0.2) is 6.61 Å². The zero-order chi connectivity index (χ0) is 20.6. The zero-order valence-electron chi connectivity index (χ0n) is 16.8. The summed E-state index contributed by atoms with van der Waals surface area (Å²) < 4.78 is 10.5. The molecular formula is C23H26N2O4. The van der Waals surface area contributed by atoms with Crippen molar-refractivity contribution in [1.82, 2.24) is 9.88 Å². The van der Waals surface area contributed by atoms with Gasteiger partial charge in [-0.15, -0.1) is 0 Å². The molecule has 0 atom stereocenters. The largest absolute Gasteiger partial charge is 0.496 e. The number of methoxy groups -OCH3 is 1. The van der Waals surface area contributed by atoms with Gasteiger partial charge in [-0.1, -0.05) is 36.4 Å². The normalized spacial score (nSPS) is 10.7. The van der Waals surface area contributed by atoms with Gasteiger partial charge in [-0.25, -0.2) is 0 Å². The van der Waals surface area contributed by atoms with E-state index in [1.807, 2.05) is 48.7 Å². The summed E-state index contributed by atoms with van der Waals surface area (Å²) in [5.74, 6) is 0.117. The van der Waals surface area contributed by atoms with Crippen molar-refractivity contribution in [3.8, 4) is 5.75 Å². The monoisotopic (exact) mass is 394 g/mol. The van der Waals surface area contributed by atoms with E-state index in [0.717, 1.165) is 23.3 Å². The minimum atomic E-state index is -0.358. The fraction of sp³-hybridized carbons (Fsp3) is 0.304. The van der Waals surface area contributed by atoms with Gasteiger partial charge in [-0.2, -0.15) is 0 Å². The lowest BCUT2D eigenvalue weighted by atomic mass is 10.1. The molecule has 6 heteroatoms. The molecular weight excluding hydrogens is 368 g/mol. The molecule has 2 aromatic carbocycles. The minimum absolute atomic E-state index is 0.249. The molecule has 1 heterocycles. The van der Waals surface area contributed by atoms with E-state index in [4.69, 9.17) is 9.47 Å². The van der Waals surface area contributed by atoms with E-state index in [9.17, 15) is 9.59 Å². The second-order valence-electron chi connectivity index (χ2n) is 6.94. The highest BCUT2D eigenvalue weighted by Crippen LogP contribution is 2.20. The highest BCUT2D eigenvalue weighted by molar-refractivity contribution is 5.83. The number of nitrogens with zero attached hydrogens (tertiary/aromatic N) is 1. The van der Waals surface area contributed by atoms with Gasteiger partial charge in [0.25, 0.3) is 5.91 Å². The number of hydrogen-bond donors (Lipinski definition) is 1. The quantitative estimate of drug-likeness (QED) is 0.562. The molecule has 152 valence electrons. The van der Waals surface area contributed by atoms with Gasteiger partial charge < -0.3 is 19.4 Å². The lowest BCUT2D eigenvalue weighted by Crippen LogP contribution is -2.31. The Kier molecular flexibility index (Phi) is 6.89. The van der Waals surface area contributed by atoms with Crippen LogP contribution in [-0.2, 0) is 27.3 Å². The minimum Gasteiger partial charge on any atom is -0.496 e. The van der Waals surface area contributed by atoms with E-state index in [1.165, 1.54) is 15.8 Å². The van der Waals surface area contributed by atoms with Crippen LogP contribution in [0.2, 0.25) is 0 Å². The average molecular weight is 394 g/mol. The van der Waals surface area contributed by atoms with Crippen LogP contribution >= 0.6 is 0 Å². The Hall–Kier alpha value is -3.28. The van der Waals surface area contributed by atoms with Gasteiger partial charge in [-0.3, -0.25) is 9.59 Å². The maximum atomic E-state index is 12.3. The van der Waals surface area contributed by atoms with Gasteiger partial charge >= 0.3 is 5.97 Å². The number of benzene rings is 2. The number of likely N-dealkylation sites (N-methyl/N-ethyl adjacent to an activating group) is 1. The van der Waals surface area contributed by atoms with E-state index in [-0.39, 0.29) is 24.9 Å². The molecule has 1 amide bonds. The Balaban J connectivity index is 1.41. The number of hydrogen-bond acceptors (Lipinski definition) is 4. The van der Waals surface area contributed by atoms with Gasteiger partial charge in [-0.05, 0) is 30.5 Å². The van der Waals surface area contributed by atoms with Crippen LogP contribution in [0.3, 0.4) is 0 Å². The van der Waals surface area contributed by atoms with E-state index in [2.05, 4.69) is 11.1 Å². The highest BCUT2D eigenvalue weighted by Gasteiger charge is 2.14. The second kappa shape index (κ2) is 9.78. The van der Waals surface area contributed by atoms with Crippen LogP contribution in [0, 0.1) is 0 Å². The maximum absolute atomic E-state index is 12.3. The third-order valence-electron chi connectivity index (χ3n) is 4.88. The summed E-state index contributed by atoms with van der Waals surface area (Å²) in [6, 6.07) is 15.6. The molecule has 0 saturated carbocycles. The van der Waals surface area contributed by atoms with E-state index in [1.54, 1.807) is 14.2 Å². The molecule has 0 aliphatic heterocycles. The molecule has 0 bridgehead atoms. The van der Waals surface area contributed by atoms with Gasteiger partial charge in [0.2, 0.25) is 0 Å². The first kappa shape index (κ1) is 20.5. The number of amides is 1. The van der Waals surface area contributed by atoms with Crippen LogP contribution < -0.4 is 4.74 Å². The average Bonchev–Trinajstić information content (AvgIpc) is 3.15. The Morgan fingerprint density at radius 1 is 1.03 bits per heavy atom. The summed E-state index contributed by atoms with van der Waals surface area (Å²) in [4.78, 5) is 29.0. The molecule has 0 spiro atoms. The summed E-state index contributed by atoms with van der Waals surface area (Å²) in [7, 11) is 3.28. The number of nitrogens with one attached hydrogen (secondary N) is 1. The SMILES string of the molecule is COc1ccccc1CN(C)C(=O)COC(=O)CCCc1c[nH]c2ccccc12. The summed E-state index contributed by atoms with van der Waals surface area (Å²) in [6.07, 6.45) is 3.71. The van der Waals surface area contributed by atoms with Gasteiger partial charge in [0, 0.05) is 42.7 Å². The fourth-order valence-electron chi connectivity index (χ4n) is 3.26. The molecule has 1 N–H and O–H groups in total. The Morgan fingerprint density at radius 2 is 1.79 bits per heavy atom. The number of fused-ring (bicyclic) bond motifs is 1. The first-order valence-electron chi connectivity index (χ1n) is 9.65. The summed E-state index contributed by atoms with van der Waals surface area (Å²) in [6.45, 7) is 0.137. The number of para-hydroxylation sites is 2. The molecule has 29 heavy (non-hydrogen) atoms. The van der Waals surface area contributed by atoms with E-state index < -0.39 is 0 Å². The summed E-state index contributed by atoms with van der Waals surface area (Å²) >= 11 is 0. The van der Waals surface area contributed by atoms with Crippen molar-refractivity contribution in [2.24, 2.45) is 0 Å². The van der Waals surface area contributed by atoms with Crippen LogP contribution in [0.1, 0.15) is 24.0 Å². The molecule has 0 radical (unpaired) electrons. The van der Waals surface area contributed by atoms with Crippen molar-refractivity contribution in [3.63, 3.8) is 0 Å². The van der Waals surface area contributed by atoms with Crippen LogP contribution in [0.25, 0.3) is 10.9 Å². The molecule has 3 rings (SSSR count). The van der Waals surface area contributed by atoms with Crippen molar-refractivity contribution in [3.05, 3.63) is 65.9 Å². The van der Waals surface area contributed by atoms with Crippen molar-refractivity contribution in [2.75, 3.05) is 20.8 Å². The Morgan fingerprint density at radius 3 is 2.62 bits per heavy atom. The predicted molar refractivity (Wildman–Crippen MR) is 112 cm³/mol. The highest BCUT2D eigenvalue weighted by atomic mass is 16.5. The predicted octanol–water partition coefficient (Wildman–Crippen LogP) is 3.70. The van der Waals surface area contributed by atoms with Crippen LogP contribution in [0.5, 0.6) is 5.75 Å². The van der Waals surface area contributed by atoms with Crippen LogP contribution in [-0.4, -0.2) is 42.5 Å². The first-order valence-corrected chi connectivity index (χ1v) is 9.65. The lowest BCUT2D eigenvalue weighted by Gasteiger charge is -2.18. The third-order valence-corrected chi connectivity index (χ3v) is 4.88. The second-order valence-corrected chi connectivity index (χ2v) is 6.94.